The number of nitrogens with one attached hydrogen (secondary N) is 3. The van der Waals surface area contributed by atoms with Crippen LogP contribution in [0.1, 0.15) is 48.9 Å². The molecule has 2 amide bonds. The lowest BCUT2D eigenvalue weighted by Crippen LogP contribution is -2.43. The van der Waals surface area contributed by atoms with Crippen molar-refractivity contribution >= 4 is 11.8 Å². The summed E-state index contributed by atoms with van der Waals surface area (Å²) in [4.78, 5) is 24.1. The summed E-state index contributed by atoms with van der Waals surface area (Å²) in [6, 6.07) is 6.04. The SMILES string of the molecule is O=C(NCCCNC(=O)C1CC2CCCCC2N1)c1cccc(F)c1. The van der Waals surface area contributed by atoms with Gasteiger partial charge < -0.3 is 16.0 Å². The van der Waals surface area contributed by atoms with Gasteiger partial charge in [0, 0.05) is 24.7 Å². The van der Waals surface area contributed by atoms with Gasteiger partial charge in [0.25, 0.3) is 5.91 Å². The molecule has 2 fully saturated rings. The molecular weight excluding hydrogens is 321 g/mol. The standard InChI is InChI=1S/C19H26FN3O2/c20-15-7-3-6-14(11-15)18(24)21-9-4-10-22-19(25)17-12-13-5-1-2-8-16(13)23-17/h3,6-7,11,13,16-17,23H,1-2,4-5,8-10,12H2,(H,21,24)(H,22,25). The number of benzene rings is 1. The zero-order valence-corrected chi connectivity index (χ0v) is 14.4. The number of rotatable bonds is 6. The molecule has 3 rings (SSSR count). The summed E-state index contributed by atoms with van der Waals surface area (Å²) in [5, 5.41) is 9.14. The highest BCUT2D eigenvalue weighted by molar-refractivity contribution is 5.94. The van der Waals surface area contributed by atoms with Crippen LogP contribution in [0.15, 0.2) is 24.3 Å². The molecule has 1 aromatic rings. The van der Waals surface area contributed by atoms with Crippen LogP contribution < -0.4 is 16.0 Å². The Labute approximate surface area is 147 Å². The van der Waals surface area contributed by atoms with Gasteiger partial charge in [0.1, 0.15) is 5.82 Å². The van der Waals surface area contributed by atoms with E-state index in [1.54, 1.807) is 6.07 Å². The number of amides is 2. The zero-order valence-electron chi connectivity index (χ0n) is 14.4. The summed E-state index contributed by atoms with van der Waals surface area (Å²) in [7, 11) is 0. The van der Waals surface area contributed by atoms with Crippen LogP contribution in [0.2, 0.25) is 0 Å². The van der Waals surface area contributed by atoms with Crippen molar-refractivity contribution < 1.29 is 14.0 Å². The molecule has 1 aliphatic carbocycles. The number of carbonyl (C=O) groups is 2. The first kappa shape index (κ1) is 17.9. The largest absolute Gasteiger partial charge is 0.355 e. The van der Waals surface area contributed by atoms with Gasteiger partial charge in [-0.2, -0.15) is 0 Å². The lowest BCUT2D eigenvalue weighted by atomic mass is 9.85. The Morgan fingerprint density at radius 3 is 2.76 bits per heavy atom. The van der Waals surface area contributed by atoms with Crippen molar-refractivity contribution in [3.63, 3.8) is 0 Å². The highest BCUT2D eigenvalue weighted by atomic mass is 19.1. The minimum absolute atomic E-state index is 0.0610. The van der Waals surface area contributed by atoms with Crippen molar-refractivity contribution in [2.24, 2.45) is 5.92 Å². The molecule has 0 aromatic heterocycles. The normalized spacial score (nSPS) is 25.2. The predicted molar refractivity (Wildman–Crippen MR) is 93.6 cm³/mol. The molecule has 3 atom stereocenters. The van der Waals surface area contributed by atoms with Gasteiger partial charge in [-0.3, -0.25) is 9.59 Å². The first-order chi connectivity index (χ1) is 12.1. The Kier molecular flexibility index (Phi) is 6.02. The van der Waals surface area contributed by atoms with E-state index in [4.69, 9.17) is 0 Å². The van der Waals surface area contributed by atoms with E-state index in [0.29, 0.717) is 37.0 Å². The predicted octanol–water partition coefficient (Wildman–Crippen LogP) is 1.98. The van der Waals surface area contributed by atoms with Gasteiger partial charge in [-0.05, 0) is 49.8 Å². The van der Waals surface area contributed by atoms with E-state index >= 15 is 0 Å². The summed E-state index contributed by atoms with van der Waals surface area (Å²) in [6.07, 6.45) is 6.53. The van der Waals surface area contributed by atoms with Crippen molar-refractivity contribution in [1.29, 1.82) is 0 Å². The molecular formula is C19H26FN3O2. The molecule has 1 saturated carbocycles. The molecule has 25 heavy (non-hydrogen) atoms. The molecule has 1 heterocycles. The van der Waals surface area contributed by atoms with Gasteiger partial charge in [-0.25, -0.2) is 4.39 Å². The Morgan fingerprint density at radius 1 is 1.16 bits per heavy atom. The second-order valence-electron chi connectivity index (χ2n) is 7.02. The molecule has 3 N–H and O–H groups in total. The fourth-order valence-corrected chi connectivity index (χ4v) is 3.88. The Morgan fingerprint density at radius 2 is 1.96 bits per heavy atom. The lowest BCUT2D eigenvalue weighted by Gasteiger charge is -2.24. The van der Waals surface area contributed by atoms with E-state index in [-0.39, 0.29) is 17.9 Å². The number of carbonyl (C=O) groups excluding carboxylic acids is 2. The van der Waals surface area contributed by atoms with E-state index in [1.807, 2.05) is 0 Å². The molecule has 1 aromatic carbocycles. The first-order valence-electron chi connectivity index (χ1n) is 9.21. The zero-order chi connectivity index (χ0) is 17.6. The summed E-state index contributed by atoms with van der Waals surface area (Å²) < 4.78 is 13.1. The maximum absolute atomic E-state index is 13.1. The van der Waals surface area contributed by atoms with Gasteiger partial charge in [-0.15, -0.1) is 0 Å². The van der Waals surface area contributed by atoms with Crippen LogP contribution in [0.25, 0.3) is 0 Å². The summed E-state index contributed by atoms with van der Waals surface area (Å²) in [5.41, 5.74) is 0.307. The van der Waals surface area contributed by atoms with E-state index in [1.165, 1.54) is 43.9 Å². The molecule has 2 aliphatic rings. The number of fused-ring (bicyclic) bond motifs is 1. The first-order valence-corrected chi connectivity index (χ1v) is 9.21. The fourth-order valence-electron chi connectivity index (χ4n) is 3.88. The van der Waals surface area contributed by atoms with Crippen LogP contribution in [-0.4, -0.2) is 37.0 Å². The van der Waals surface area contributed by atoms with Gasteiger partial charge in [-0.1, -0.05) is 18.9 Å². The quantitative estimate of drug-likeness (QED) is 0.689. The van der Waals surface area contributed by atoms with Crippen molar-refractivity contribution in [3.8, 4) is 0 Å². The smallest absolute Gasteiger partial charge is 0.251 e. The number of halogens is 1. The fraction of sp³-hybridized carbons (Fsp3) is 0.579. The lowest BCUT2D eigenvalue weighted by molar-refractivity contribution is -0.122. The molecule has 0 spiro atoms. The Balaban J connectivity index is 1.32. The van der Waals surface area contributed by atoms with E-state index in [2.05, 4.69) is 16.0 Å². The number of hydrogen-bond acceptors (Lipinski definition) is 3. The molecule has 3 unspecified atom stereocenters. The van der Waals surface area contributed by atoms with Crippen LogP contribution in [-0.2, 0) is 4.79 Å². The maximum atomic E-state index is 13.1. The molecule has 136 valence electrons. The molecule has 0 radical (unpaired) electrons. The summed E-state index contributed by atoms with van der Waals surface area (Å²) in [5.74, 6) is -0.0159. The van der Waals surface area contributed by atoms with Crippen molar-refractivity contribution in [1.82, 2.24) is 16.0 Å². The maximum Gasteiger partial charge on any atom is 0.251 e. The van der Waals surface area contributed by atoms with Gasteiger partial charge in [0.15, 0.2) is 0 Å². The topological polar surface area (TPSA) is 70.2 Å². The van der Waals surface area contributed by atoms with Crippen molar-refractivity contribution in [3.05, 3.63) is 35.6 Å². The summed E-state index contributed by atoms with van der Waals surface area (Å²) >= 11 is 0. The second kappa shape index (κ2) is 8.43. The highest BCUT2D eigenvalue weighted by Gasteiger charge is 2.37. The van der Waals surface area contributed by atoms with Crippen LogP contribution in [0.3, 0.4) is 0 Å². The molecule has 5 nitrogen and oxygen atoms in total. The third-order valence-electron chi connectivity index (χ3n) is 5.20. The van der Waals surface area contributed by atoms with E-state index in [9.17, 15) is 14.0 Å². The van der Waals surface area contributed by atoms with Crippen molar-refractivity contribution in [2.75, 3.05) is 13.1 Å². The summed E-state index contributed by atoms with van der Waals surface area (Å²) in [6.45, 7) is 0.967. The van der Waals surface area contributed by atoms with Gasteiger partial charge in [0.05, 0.1) is 6.04 Å². The minimum Gasteiger partial charge on any atom is -0.355 e. The molecule has 6 heteroatoms. The Bertz CT molecular complexity index is 608. The molecule has 1 saturated heterocycles. The average Bonchev–Trinajstić information content (AvgIpc) is 3.05. The number of hydrogen-bond donors (Lipinski definition) is 3. The second-order valence-corrected chi connectivity index (χ2v) is 7.02. The molecule has 0 bridgehead atoms. The van der Waals surface area contributed by atoms with Crippen molar-refractivity contribution in [2.45, 2.75) is 50.6 Å². The highest BCUT2D eigenvalue weighted by Crippen LogP contribution is 2.33. The van der Waals surface area contributed by atoms with Gasteiger partial charge >= 0.3 is 0 Å². The van der Waals surface area contributed by atoms with Crippen LogP contribution in [0.5, 0.6) is 0 Å². The Hall–Kier alpha value is -1.95. The van der Waals surface area contributed by atoms with E-state index in [0.717, 1.165) is 6.42 Å². The van der Waals surface area contributed by atoms with Crippen LogP contribution >= 0.6 is 0 Å². The average molecular weight is 347 g/mol. The van der Waals surface area contributed by atoms with Crippen LogP contribution in [0.4, 0.5) is 4.39 Å². The monoisotopic (exact) mass is 347 g/mol. The van der Waals surface area contributed by atoms with Crippen LogP contribution in [0, 0.1) is 11.7 Å². The third-order valence-corrected chi connectivity index (χ3v) is 5.20. The third kappa shape index (κ3) is 4.78. The minimum atomic E-state index is -0.426. The molecule has 1 aliphatic heterocycles. The van der Waals surface area contributed by atoms with E-state index < -0.39 is 5.82 Å². The van der Waals surface area contributed by atoms with Gasteiger partial charge in [0.2, 0.25) is 5.91 Å².